The number of amides is 2. The maximum absolute atomic E-state index is 13.0. The molecule has 0 aromatic heterocycles. The Morgan fingerprint density at radius 3 is 2.43 bits per heavy atom. The van der Waals surface area contributed by atoms with Crippen molar-refractivity contribution in [3.05, 3.63) is 0 Å². The molecule has 2 aliphatic rings. The molecule has 2 rings (SSSR count). The number of hydrogen-bond donors (Lipinski definition) is 0. The zero-order valence-corrected chi connectivity index (χ0v) is 17.7. The van der Waals surface area contributed by atoms with Crippen LogP contribution in [-0.4, -0.2) is 105 Å². The first-order chi connectivity index (χ1) is 13.1. The lowest BCUT2D eigenvalue weighted by Gasteiger charge is -2.34. The van der Waals surface area contributed by atoms with Crippen molar-refractivity contribution in [1.82, 2.24) is 14.7 Å². The van der Waals surface area contributed by atoms with Crippen LogP contribution in [0.2, 0.25) is 0 Å². The number of likely N-dealkylation sites (N-methyl/N-ethyl adjacent to an activating group) is 1. The average molecular weight is 418 g/mol. The van der Waals surface area contributed by atoms with Gasteiger partial charge in [0.1, 0.15) is 0 Å². The molecule has 2 atom stereocenters. The standard InChI is InChI=1S/C18H31N3O6S/c1-4-27-18(24)14-6-5-8-20(12-14)16(22)17(23)21(10-9-19(2)3)15-7-11-28(25,26)13-15/h14-15H,4-13H2,1-3H3. The van der Waals surface area contributed by atoms with Gasteiger partial charge in [-0.15, -0.1) is 0 Å². The van der Waals surface area contributed by atoms with Gasteiger partial charge in [0.05, 0.1) is 24.0 Å². The fourth-order valence-corrected chi connectivity index (χ4v) is 5.38. The van der Waals surface area contributed by atoms with Gasteiger partial charge in [0.25, 0.3) is 0 Å². The van der Waals surface area contributed by atoms with Crippen LogP contribution in [0.15, 0.2) is 0 Å². The molecule has 9 nitrogen and oxygen atoms in total. The number of carbonyl (C=O) groups excluding carboxylic acids is 3. The fourth-order valence-electron chi connectivity index (χ4n) is 3.65. The number of piperidine rings is 1. The van der Waals surface area contributed by atoms with Gasteiger partial charge in [0.15, 0.2) is 9.84 Å². The van der Waals surface area contributed by atoms with Crippen LogP contribution >= 0.6 is 0 Å². The van der Waals surface area contributed by atoms with Crippen LogP contribution in [-0.2, 0) is 29.0 Å². The first kappa shape index (κ1) is 22.6. The van der Waals surface area contributed by atoms with Gasteiger partial charge in [-0.05, 0) is 40.3 Å². The van der Waals surface area contributed by atoms with Gasteiger partial charge in [-0.2, -0.15) is 0 Å². The maximum Gasteiger partial charge on any atom is 0.312 e. The molecular formula is C18H31N3O6S. The van der Waals surface area contributed by atoms with E-state index in [0.717, 1.165) is 0 Å². The van der Waals surface area contributed by atoms with Crippen LogP contribution in [0.25, 0.3) is 0 Å². The maximum atomic E-state index is 13.0. The normalized spacial score (nSPS) is 24.2. The Kier molecular flexibility index (Phi) is 7.82. The molecule has 2 fully saturated rings. The average Bonchev–Trinajstić information content (AvgIpc) is 3.00. The van der Waals surface area contributed by atoms with Crippen LogP contribution in [0, 0.1) is 5.92 Å². The van der Waals surface area contributed by atoms with E-state index in [1.165, 1.54) is 9.80 Å². The van der Waals surface area contributed by atoms with E-state index >= 15 is 0 Å². The van der Waals surface area contributed by atoms with Crippen LogP contribution in [0.4, 0.5) is 0 Å². The molecule has 0 aromatic rings. The van der Waals surface area contributed by atoms with E-state index in [-0.39, 0.29) is 37.2 Å². The summed E-state index contributed by atoms with van der Waals surface area (Å²) in [7, 11) is 0.520. The van der Waals surface area contributed by atoms with Gasteiger partial charge in [0, 0.05) is 32.2 Å². The highest BCUT2D eigenvalue weighted by Gasteiger charge is 2.39. The smallest absolute Gasteiger partial charge is 0.312 e. The highest BCUT2D eigenvalue weighted by atomic mass is 32.2. The molecule has 0 saturated carbocycles. The van der Waals surface area contributed by atoms with Crippen molar-refractivity contribution < 1.29 is 27.5 Å². The number of hydrogen-bond acceptors (Lipinski definition) is 7. The van der Waals surface area contributed by atoms with E-state index in [2.05, 4.69) is 0 Å². The van der Waals surface area contributed by atoms with Crippen molar-refractivity contribution in [3.63, 3.8) is 0 Å². The summed E-state index contributed by atoms with van der Waals surface area (Å²) < 4.78 is 28.8. The molecule has 2 heterocycles. The minimum absolute atomic E-state index is 0.0340. The number of likely N-dealkylation sites (tertiary alicyclic amines) is 1. The lowest BCUT2D eigenvalue weighted by molar-refractivity contribution is -0.157. The largest absolute Gasteiger partial charge is 0.466 e. The zero-order chi connectivity index (χ0) is 20.9. The van der Waals surface area contributed by atoms with Crippen molar-refractivity contribution in [2.24, 2.45) is 5.92 Å². The molecule has 10 heteroatoms. The van der Waals surface area contributed by atoms with Gasteiger partial charge < -0.3 is 19.4 Å². The second-order valence-electron chi connectivity index (χ2n) is 7.70. The second-order valence-corrected chi connectivity index (χ2v) is 9.93. The summed E-state index contributed by atoms with van der Waals surface area (Å²) in [5.41, 5.74) is 0. The van der Waals surface area contributed by atoms with Crippen LogP contribution < -0.4 is 0 Å². The summed E-state index contributed by atoms with van der Waals surface area (Å²) in [6.45, 7) is 3.38. The molecule has 0 bridgehead atoms. The van der Waals surface area contributed by atoms with Crippen molar-refractivity contribution in [1.29, 1.82) is 0 Å². The van der Waals surface area contributed by atoms with Crippen molar-refractivity contribution in [2.75, 3.05) is 58.4 Å². The highest BCUT2D eigenvalue weighted by Crippen LogP contribution is 2.21. The van der Waals surface area contributed by atoms with E-state index in [1.54, 1.807) is 6.92 Å². The Hall–Kier alpha value is -1.68. The molecule has 0 spiro atoms. The van der Waals surface area contributed by atoms with Crippen molar-refractivity contribution in [2.45, 2.75) is 32.2 Å². The van der Waals surface area contributed by atoms with Crippen LogP contribution in [0.1, 0.15) is 26.2 Å². The van der Waals surface area contributed by atoms with E-state index in [9.17, 15) is 22.8 Å². The third-order valence-corrected chi connectivity index (χ3v) is 6.96. The summed E-state index contributed by atoms with van der Waals surface area (Å²) in [6.07, 6.45) is 1.60. The monoisotopic (exact) mass is 417 g/mol. The summed E-state index contributed by atoms with van der Waals surface area (Å²) in [4.78, 5) is 42.5. The Bertz CT molecular complexity index is 693. The SMILES string of the molecule is CCOC(=O)C1CCCN(C(=O)C(=O)N(CCN(C)C)C2CCS(=O)(=O)C2)C1. The Morgan fingerprint density at radius 1 is 1.14 bits per heavy atom. The minimum Gasteiger partial charge on any atom is -0.466 e. The fraction of sp³-hybridized carbons (Fsp3) is 0.833. The van der Waals surface area contributed by atoms with E-state index in [0.29, 0.717) is 32.4 Å². The molecule has 160 valence electrons. The summed E-state index contributed by atoms with van der Waals surface area (Å²) in [5, 5.41) is 0. The Labute approximate surface area is 166 Å². The number of esters is 1. The van der Waals surface area contributed by atoms with E-state index in [4.69, 9.17) is 4.74 Å². The third kappa shape index (κ3) is 5.91. The first-order valence-electron chi connectivity index (χ1n) is 9.76. The van der Waals surface area contributed by atoms with Crippen molar-refractivity contribution >= 4 is 27.6 Å². The number of carbonyl (C=O) groups is 3. The highest BCUT2D eigenvalue weighted by molar-refractivity contribution is 7.91. The molecule has 2 unspecified atom stereocenters. The van der Waals surface area contributed by atoms with Gasteiger partial charge in [0.2, 0.25) is 0 Å². The van der Waals surface area contributed by atoms with E-state index < -0.39 is 33.6 Å². The lowest BCUT2D eigenvalue weighted by Crippen LogP contribution is -2.53. The third-order valence-electron chi connectivity index (χ3n) is 5.21. The van der Waals surface area contributed by atoms with Crippen LogP contribution in [0.3, 0.4) is 0 Å². The zero-order valence-electron chi connectivity index (χ0n) is 16.9. The topological polar surface area (TPSA) is 104 Å². The van der Waals surface area contributed by atoms with Gasteiger partial charge >= 0.3 is 17.8 Å². The predicted octanol–water partition coefficient (Wildman–Crippen LogP) is -0.635. The molecule has 2 saturated heterocycles. The quantitative estimate of drug-likeness (QED) is 0.418. The Morgan fingerprint density at radius 2 is 1.86 bits per heavy atom. The predicted molar refractivity (Wildman–Crippen MR) is 103 cm³/mol. The number of rotatable bonds is 6. The molecule has 2 aliphatic heterocycles. The number of ether oxygens (including phenoxy) is 1. The molecule has 28 heavy (non-hydrogen) atoms. The number of nitrogens with zero attached hydrogens (tertiary/aromatic N) is 3. The summed E-state index contributed by atoms with van der Waals surface area (Å²) in [5.74, 6) is -2.20. The lowest BCUT2D eigenvalue weighted by atomic mass is 9.98. The summed E-state index contributed by atoms with van der Waals surface area (Å²) in [6, 6.07) is -0.480. The molecule has 2 amide bonds. The number of sulfone groups is 1. The van der Waals surface area contributed by atoms with Gasteiger partial charge in [-0.25, -0.2) is 8.42 Å². The minimum atomic E-state index is -3.18. The molecule has 0 N–H and O–H groups in total. The van der Waals surface area contributed by atoms with E-state index in [1.807, 2.05) is 19.0 Å². The Balaban J connectivity index is 2.09. The summed E-state index contributed by atoms with van der Waals surface area (Å²) >= 11 is 0. The molecular weight excluding hydrogens is 386 g/mol. The first-order valence-corrected chi connectivity index (χ1v) is 11.6. The molecule has 0 aromatic carbocycles. The van der Waals surface area contributed by atoms with Crippen molar-refractivity contribution in [3.8, 4) is 0 Å². The molecule has 0 radical (unpaired) electrons. The van der Waals surface area contributed by atoms with Gasteiger partial charge in [-0.1, -0.05) is 0 Å². The van der Waals surface area contributed by atoms with Gasteiger partial charge in [-0.3, -0.25) is 14.4 Å². The van der Waals surface area contributed by atoms with Crippen LogP contribution in [0.5, 0.6) is 0 Å². The molecule has 0 aliphatic carbocycles. The second kappa shape index (κ2) is 9.69.